The van der Waals surface area contributed by atoms with Gasteiger partial charge in [-0.05, 0) is 25.0 Å². The Morgan fingerprint density at radius 1 is 1.43 bits per heavy atom. The lowest BCUT2D eigenvalue weighted by Crippen LogP contribution is -2.13. The van der Waals surface area contributed by atoms with Gasteiger partial charge in [0.1, 0.15) is 0 Å². The highest BCUT2D eigenvalue weighted by molar-refractivity contribution is 5.98. The third-order valence-corrected chi connectivity index (χ3v) is 2.09. The molecule has 1 amide bonds. The van der Waals surface area contributed by atoms with Crippen molar-refractivity contribution in [3.05, 3.63) is 22.8 Å². The first-order chi connectivity index (χ1) is 6.49. The number of aryl methyl sites for hydroxylation is 2. The number of rotatable bonds is 2. The molecule has 1 aromatic carbocycles. The first-order valence-corrected chi connectivity index (χ1v) is 4.16. The second-order valence-electron chi connectivity index (χ2n) is 3.13. The number of hydrogen-bond donors (Lipinski definition) is 2. The summed E-state index contributed by atoms with van der Waals surface area (Å²) in [5.74, 6) is -0.541. The number of phenols is 1. The number of nitrogens with two attached hydrogens (primary N) is 1. The Bertz CT molecular complexity index is 385. The van der Waals surface area contributed by atoms with Crippen LogP contribution in [0.1, 0.15) is 21.5 Å². The molecule has 0 unspecified atom stereocenters. The highest BCUT2D eigenvalue weighted by Gasteiger charge is 2.17. The number of benzene rings is 1. The molecule has 0 aliphatic rings. The van der Waals surface area contributed by atoms with E-state index in [4.69, 9.17) is 10.5 Å². The summed E-state index contributed by atoms with van der Waals surface area (Å²) in [6, 6.07) is 1.75. The van der Waals surface area contributed by atoms with E-state index in [0.29, 0.717) is 11.3 Å². The number of carbonyl (C=O) groups is 1. The molecule has 0 heterocycles. The minimum Gasteiger partial charge on any atom is -0.504 e. The van der Waals surface area contributed by atoms with Crippen molar-refractivity contribution in [2.24, 2.45) is 5.73 Å². The van der Waals surface area contributed by atoms with Crippen molar-refractivity contribution in [2.75, 3.05) is 7.11 Å². The lowest BCUT2D eigenvalue weighted by Gasteiger charge is -2.12. The van der Waals surface area contributed by atoms with Crippen LogP contribution < -0.4 is 10.5 Å². The molecule has 0 saturated carbocycles. The summed E-state index contributed by atoms with van der Waals surface area (Å²) in [6.07, 6.45) is 0. The molecule has 76 valence electrons. The van der Waals surface area contributed by atoms with Crippen molar-refractivity contribution in [3.63, 3.8) is 0 Å². The molecule has 0 aliphatic carbocycles. The van der Waals surface area contributed by atoms with Crippen molar-refractivity contribution in [2.45, 2.75) is 13.8 Å². The Labute approximate surface area is 82.3 Å². The molecule has 0 bridgehead atoms. The van der Waals surface area contributed by atoms with Crippen LogP contribution in [0, 0.1) is 13.8 Å². The lowest BCUT2D eigenvalue weighted by molar-refractivity contribution is 0.0996. The van der Waals surface area contributed by atoms with Gasteiger partial charge in [0.15, 0.2) is 11.5 Å². The number of methoxy groups -OCH3 is 1. The first-order valence-electron chi connectivity index (χ1n) is 4.16. The fraction of sp³-hybridized carbons (Fsp3) is 0.300. The van der Waals surface area contributed by atoms with Crippen molar-refractivity contribution in [1.29, 1.82) is 0 Å². The fourth-order valence-corrected chi connectivity index (χ4v) is 1.52. The van der Waals surface area contributed by atoms with E-state index in [-0.39, 0.29) is 11.3 Å². The van der Waals surface area contributed by atoms with E-state index in [0.717, 1.165) is 5.56 Å². The van der Waals surface area contributed by atoms with Gasteiger partial charge in [-0.15, -0.1) is 0 Å². The van der Waals surface area contributed by atoms with Crippen molar-refractivity contribution < 1.29 is 14.6 Å². The maximum Gasteiger partial charge on any atom is 0.252 e. The van der Waals surface area contributed by atoms with Crippen LogP contribution in [0.25, 0.3) is 0 Å². The minimum atomic E-state index is -0.654. The molecule has 1 rings (SSSR count). The molecule has 4 nitrogen and oxygen atoms in total. The van der Waals surface area contributed by atoms with E-state index in [1.165, 1.54) is 7.11 Å². The van der Waals surface area contributed by atoms with Gasteiger partial charge in [0, 0.05) is 0 Å². The van der Waals surface area contributed by atoms with Gasteiger partial charge in [0.05, 0.1) is 12.7 Å². The topological polar surface area (TPSA) is 72.5 Å². The SMILES string of the molecule is COc1c(C)cc(C)c(C(N)=O)c1O. The first kappa shape index (κ1) is 10.4. The highest BCUT2D eigenvalue weighted by Crippen LogP contribution is 2.35. The Hall–Kier alpha value is -1.71. The zero-order valence-corrected chi connectivity index (χ0v) is 8.42. The van der Waals surface area contributed by atoms with Gasteiger partial charge < -0.3 is 15.6 Å². The van der Waals surface area contributed by atoms with Gasteiger partial charge in [-0.3, -0.25) is 4.79 Å². The van der Waals surface area contributed by atoms with Crippen LogP contribution in [0.4, 0.5) is 0 Å². The number of amides is 1. The van der Waals surface area contributed by atoms with Crippen LogP contribution in [-0.2, 0) is 0 Å². The van der Waals surface area contributed by atoms with Crippen LogP contribution >= 0.6 is 0 Å². The standard InChI is InChI=1S/C10H13NO3/c1-5-4-6(2)9(14-3)8(12)7(5)10(11)13/h4,12H,1-3H3,(H2,11,13). The van der Waals surface area contributed by atoms with E-state index < -0.39 is 5.91 Å². The summed E-state index contributed by atoms with van der Waals surface area (Å²) in [4.78, 5) is 11.0. The molecule has 1 aromatic rings. The van der Waals surface area contributed by atoms with Crippen LogP contribution in [0.15, 0.2) is 6.07 Å². The van der Waals surface area contributed by atoms with Crippen molar-refractivity contribution in [1.82, 2.24) is 0 Å². The molecular formula is C10H13NO3. The molecule has 0 fully saturated rings. The third kappa shape index (κ3) is 1.51. The van der Waals surface area contributed by atoms with E-state index in [1.807, 2.05) is 0 Å². The summed E-state index contributed by atoms with van der Waals surface area (Å²) >= 11 is 0. The maximum absolute atomic E-state index is 11.0. The molecule has 0 saturated heterocycles. The van der Waals surface area contributed by atoms with E-state index in [9.17, 15) is 9.90 Å². The molecule has 0 spiro atoms. The van der Waals surface area contributed by atoms with Crippen molar-refractivity contribution in [3.8, 4) is 11.5 Å². The molecule has 0 atom stereocenters. The lowest BCUT2D eigenvalue weighted by atomic mass is 10.0. The Kier molecular flexibility index (Phi) is 2.65. The monoisotopic (exact) mass is 195 g/mol. The minimum absolute atomic E-state index is 0.118. The van der Waals surface area contributed by atoms with Crippen LogP contribution in [0.3, 0.4) is 0 Å². The predicted octanol–water partition coefficient (Wildman–Crippen LogP) is 1.12. The quantitative estimate of drug-likeness (QED) is 0.742. The van der Waals surface area contributed by atoms with Gasteiger partial charge in [-0.2, -0.15) is 0 Å². The molecule has 0 aromatic heterocycles. The number of carbonyl (C=O) groups excluding carboxylic acids is 1. The van der Waals surface area contributed by atoms with Crippen LogP contribution in [-0.4, -0.2) is 18.1 Å². The molecule has 0 aliphatic heterocycles. The highest BCUT2D eigenvalue weighted by atomic mass is 16.5. The van der Waals surface area contributed by atoms with E-state index in [1.54, 1.807) is 19.9 Å². The number of aromatic hydroxyl groups is 1. The molecule has 0 radical (unpaired) electrons. The average Bonchev–Trinajstić information content (AvgIpc) is 2.02. The average molecular weight is 195 g/mol. The fourth-order valence-electron chi connectivity index (χ4n) is 1.52. The van der Waals surface area contributed by atoms with Crippen LogP contribution in [0.5, 0.6) is 11.5 Å². The molecular weight excluding hydrogens is 182 g/mol. The normalized spacial score (nSPS) is 9.93. The zero-order valence-electron chi connectivity index (χ0n) is 8.42. The Morgan fingerprint density at radius 2 is 2.00 bits per heavy atom. The summed E-state index contributed by atoms with van der Waals surface area (Å²) in [7, 11) is 1.43. The van der Waals surface area contributed by atoms with Crippen molar-refractivity contribution >= 4 is 5.91 Å². The Morgan fingerprint density at radius 3 is 2.43 bits per heavy atom. The Balaban J connectivity index is 3.52. The summed E-state index contributed by atoms with van der Waals surface area (Å²) in [5, 5.41) is 9.70. The number of hydrogen-bond acceptors (Lipinski definition) is 3. The number of primary amides is 1. The van der Waals surface area contributed by atoms with Crippen LogP contribution in [0.2, 0.25) is 0 Å². The molecule has 3 N–H and O–H groups in total. The predicted molar refractivity (Wildman–Crippen MR) is 52.7 cm³/mol. The second-order valence-corrected chi connectivity index (χ2v) is 3.13. The largest absolute Gasteiger partial charge is 0.504 e. The van der Waals surface area contributed by atoms with Gasteiger partial charge in [0.2, 0.25) is 0 Å². The zero-order chi connectivity index (χ0) is 10.9. The third-order valence-electron chi connectivity index (χ3n) is 2.09. The smallest absolute Gasteiger partial charge is 0.252 e. The van der Waals surface area contributed by atoms with Gasteiger partial charge in [-0.1, -0.05) is 6.07 Å². The van der Waals surface area contributed by atoms with E-state index in [2.05, 4.69) is 0 Å². The van der Waals surface area contributed by atoms with Gasteiger partial charge in [0.25, 0.3) is 5.91 Å². The second kappa shape index (κ2) is 3.57. The maximum atomic E-state index is 11.0. The summed E-state index contributed by atoms with van der Waals surface area (Å²) in [6.45, 7) is 3.50. The number of ether oxygens (including phenoxy) is 1. The van der Waals surface area contributed by atoms with Gasteiger partial charge >= 0.3 is 0 Å². The summed E-state index contributed by atoms with van der Waals surface area (Å²) in [5.41, 5.74) is 6.67. The van der Waals surface area contributed by atoms with E-state index >= 15 is 0 Å². The molecule has 14 heavy (non-hydrogen) atoms. The van der Waals surface area contributed by atoms with Gasteiger partial charge in [-0.25, -0.2) is 0 Å². The molecule has 4 heteroatoms. The summed E-state index contributed by atoms with van der Waals surface area (Å²) < 4.78 is 4.96.